The van der Waals surface area contributed by atoms with Crippen molar-refractivity contribution in [3.63, 3.8) is 0 Å². The van der Waals surface area contributed by atoms with Gasteiger partial charge in [-0.2, -0.15) is 26.3 Å². The van der Waals surface area contributed by atoms with Crippen LogP contribution in [0.5, 0.6) is 5.75 Å². The van der Waals surface area contributed by atoms with Crippen LogP contribution in [0.1, 0.15) is 18.1 Å². The van der Waals surface area contributed by atoms with Crippen LogP contribution in [0.3, 0.4) is 0 Å². The average molecular weight is 570 g/mol. The molecular formula is C18H25F6IN4O2. The first-order chi connectivity index (χ1) is 13.8. The number of amides is 1. The Bertz CT molecular complexity index is 741. The maximum Gasteiger partial charge on any atom is 0.422 e. The zero-order chi connectivity index (χ0) is 22.9. The summed E-state index contributed by atoms with van der Waals surface area (Å²) in [6.07, 6.45) is -9.01. The highest BCUT2D eigenvalue weighted by atomic mass is 127. The van der Waals surface area contributed by atoms with Crippen molar-refractivity contribution in [2.45, 2.75) is 32.7 Å². The maximum atomic E-state index is 12.5. The van der Waals surface area contributed by atoms with Gasteiger partial charge in [-0.3, -0.25) is 4.79 Å². The number of aryl methyl sites for hydroxylation is 1. The van der Waals surface area contributed by atoms with E-state index >= 15 is 0 Å². The van der Waals surface area contributed by atoms with Gasteiger partial charge in [-0.1, -0.05) is 12.1 Å². The van der Waals surface area contributed by atoms with Crippen LogP contribution < -0.4 is 15.4 Å². The fourth-order valence-corrected chi connectivity index (χ4v) is 2.24. The van der Waals surface area contributed by atoms with Crippen molar-refractivity contribution in [3.05, 3.63) is 29.3 Å². The van der Waals surface area contributed by atoms with Crippen molar-refractivity contribution in [2.75, 3.05) is 33.3 Å². The molecule has 1 aromatic rings. The predicted molar refractivity (Wildman–Crippen MR) is 115 cm³/mol. The quantitative estimate of drug-likeness (QED) is 0.217. The summed E-state index contributed by atoms with van der Waals surface area (Å²) in [7, 11) is 1.03. The lowest BCUT2D eigenvalue weighted by Crippen LogP contribution is -2.45. The van der Waals surface area contributed by atoms with Crippen LogP contribution in [0.25, 0.3) is 0 Å². The van der Waals surface area contributed by atoms with E-state index in [1.165, 1.54) is 6.07 Å². The SMILES string of the molecule is CCNC(=NCc1ccc(C)cc1OCC(F)(F)F)NCC(=O)N(C)CC(F)(F)F.I. The van der Waals surface area contributed by atoms with E-state index < -0.39 is 38.0 Å². The lowest BCUT2D eigenvalue weighted by atomic mass is 10.1. The van der Waals surface area contributed by atoms with Gasteiger partial charge < -0.3 is 20.3 Å². The Balaban J connectivity index is 0.00000900. The largest absolute Gasteiger partial charge is 0.484 e. The first kappa shape index (κ1) is 29.1. The normalized spacial score (nSPS) is 12.1. The number of hydrogen-bond donors (Lipinski definition) is 2. The number of carbonyl (C=O) groups excluding carboxylic acids is 1. The Morgan fingerprint density at radius 3 is 2.32 bits per heavy atom. The minimum Gasteiger partial charge on any atom is -0.484 e. The van der Waals surface area contributed by atoms with Gasteiger partial charge in [0.2, 0.25) is 5.91 Å². The third-order valence-corrected chi connectivity index (χ3v) is 3.62. The van der Waals surface area contributed by atoms with Gasteiger partial charge >= 0.3 is 12.4 Å². The van der Waals surface area contributed by atoms with Gasteiger partial charge in [0.15, 0.2) is 12.6 Å². The standard InChI is InChI=1S/C18H24F6N4O2.HI/c1-4-25-16(27-9-15(29)28(3)10-17(19,20)21)26-8-13-6-5-12(2)7-14(13)30-11-18(22,23)24;/h5-7H,4,8-11H2,1-3H3,(H2,25,26,27);1H. The summed E-state index contributed by atoms with van der Waals surface area (Å²) in [6, 6.07) is 4.70. The molecule has 2 N–H and O–H groups in total. The molecule has 0 saturated carbocycles. The van der Waals surface area contributed by atoms with Gasteiger partial charge in [0.05, 0.1) is 13.1 Å². The first-order valence-corrected chi connectivity index (χ1v) is 8.92. The lowest BCUT2D eigenvalue weighted by Gasteiger charge is -2.20. The molecule has 1 aromatic carbocycles. The number of halogens is 7. The number of benzene rings is 1. The molecule has 13 heteroatoms. The molecule has 178 valence electrons. The number of alkyl halides is 6. The molecule has 0 heterocycles. The van der Waals surface area contributed by atoms with Crippen LogP contribution in [0.4, 0.5) is 26.3 Å². The van der Waals surface area contributed by atoms with Crippen molar-refractivity contribution in [1.29, 1.82) is 0 Å². The Kier molecular flexibility index (Phi) is 12.0. The molecule has 0 atom stereocenters. The van der Waals surface area contributed by atoms with Crippen molar-refractivity contribution in [2.24, 2.45) is 4.99 Å². The number of guanidine groups is 1. The summed E-state index contributed by atoms with van der Waals surface area (Å²) in [5.41, 5.74) is 1.07. The lowest BCUT2D eigenvalue weighted by molar-refractivity contribution is -0.157. The van der Waals surface area contributed by atoms with E-state index in [0.717, 1.165) is 7.05 Å². The number of hydrogen-bond acceptors (Lipinski definition) is 3. The number of rotatable bonds is 8. The number of carbonyl (C=O) groups is 1. The highest BCUT2D eigenvalue weighted by Gasteiger charge is 2.31. The molecule has 0 aliphatic rings. The van der Waals surface area contributed by atoms with Gasteiger partial charge in [0.25, 0.3) is 0 Å². The fraction of sp³-hybridized carbons (Fsp3) is 0.556. The molecule has 0 aliphatic heterocycles. The molecule has 0 saturated heterocycles. The van der Waals surface area contributed by atoms with Crippen molar-refractivity contribution >= 4 is 35.8 Å². The third-order valence-electron chi connectivity index (χ3n) is 3.62. The van der Waals surface area contributed by atoms with E-state index in [-0.39, 0.29) is 42.2 Å². The smallest absolute Gasteiger partial charge is 0.422 e. The van der Waals surface area contributed by atoms with Gasteiger partial charge in [-0.15, -0.1) is 24.0 Å². The average Bonchev–Trinajstić information content (AvgIpc) is 2.61. The second kappa shape index (κ2) is 12.8. The highest BCUT2D eigenvalue weighted by Crippen LogP contribution is 2.24. The molecular weight excluding hydrogens is 545 g/mol. The number of aliphatic imine (C=N–C) groups is 1. The molecule has 0 aliphatic carbocycles. The zero-order valence-corrected chi connectivity index (χ0v) is 19.5. The molecule has 0 fully saturated rings. The van der Waals surface area contributed by atoms with Crippen LogP contribution in [0.15, 0.2) is 23.2 Å². The zero-order valence-electron chi connectivity index (χ0n) is 17.2. The summed E-state index contributed by atoms with van der Waals surface area (Å²) >= 11 is 0. The van der Waals surface area contributed by atoms with Crippen molar-refractivity contribution < 1.29 is 35.9 Å². The molecule has 0 aromatic heterocycles. The summed E-state index contributed by atoms with van der Waals surface area (Å²) in [5, 5.41) is 5.41. The molecule has 1 rings (SSSR count). The second-order valence-corrected chi connectivity index (χ2v) is 6.43. The van der Waals surface area contributed by atoms with E-state index in [0.29, 0.717) is 22.6 Å². The van der Waals surface area contributed by atoms with Gasteiger partial charge in [0.1, 0.15) is 12.3 Å². The van der Waals surface area contributed by atoms with E-state index in [4.69, 9.17) is 4.74 Å². The molecule has 1 amide bonds. The topological polar surface area (TPSA) is 66.0 Å². The van der Waals surface area contributed by atoms with Crippen molar-refractivity contribution in [3.8, 4) is 5.75 Å². The predicted octanol–water partition coefficient (Wildman–Crippen LogP) is 3.63. The monoisotopic (exact) mass is 570 g/mol. The Morgan fingerprint density at radius 2 is 1.77 bits per heavy atom. The number of ether oxygens (including phenoxy) is 1. The van der Waals surface area contributed by atoms with E-state index in [1.54, 1.807) is 26.0 Å². The van der Waals surface area contributed by atoms with Gasteiger partial charge in [-0.25, -0.2) is 4.99 Å². The van der Waals surface area contributed by atoms with E-state index in [2.05, 4.69) is 15.6 Å². The molecule has 0 unspecified atom stereocenters. The van der Waals surface area contributed by atoms with Crippen LogP contribution in [0.2, 0.25) is 0 Å². The Morgan fingerprint density at radius 1 is 1.13 bits per heavy atom. The first-order valence-electron chi connectivity index (χ1n) is 8.92. The number of nitrogens with one attached hydrogen (secondary N) is 2. The fourth-order valence-electron chi connectivity index (χ4n) is 2.24. The van der Waals surface area contributed by atoms with Crippen LogP contribution in [-0.4, -0.2) is 62.4 Å². The molecule has 31 heavy (non-hydrogen) atoms. The highest BCUT2D eigenvalue weighted by molar-refractivity contribution is 14.0. The summed E-state index contributed by atoms with van der Waals surface area (Å²) in [6.45, 7) is 0.472. The number of nitrogens with zero attached hydrogens (tertiary/aromatic N) is 2. The minimum atomic E-state index is -4.51. The Hall–Kier alpha value is -1.93. The van der Waals surface area contributed by atoms with Crippen LogP contribution >= 0.6 is 24.0 Å². The molecule has 0 bridgehead atoms. The van der Waals surface area contributed by atoms with Crippen molar-refractivity contribution in [1.82, 2.24) is 15.5 Å². The molecule has 0 radical (unpaired) electrons. The Labute approximate surface area is 193 Å². The maximum absolute atomic E-state index is 12.5. The summed E-state index contributed by atoms with van der Waals surface area (Å²) in [5.74, 6) is -0.663. The molecule has 0 spiro atoms. The number of likely N-dealkylation sites (N-methyl/N-ethyl adjacent to an activating group) is 1. The third kappa shape index (κ3) is 12.5. The minimum absolute atomic E-state index is 0. The van der Waals surface area contributed by atoms with E-state index in [9.17, 15) is 31.1 Å². The molecule has 6 nitrogen and oxygen atoms in total. The van der Waals surface area contributed by atoms with Crippen LogP contribution in [0, 0.1) is 6.92 Å². The second-order valence-electron chi connectivity index (χ2n) is 6.43. The van der Waals surface area contributed by atoms with E-state index in [1.807, 2.05) is 0 Å². The van der Waals surface area contributed by atoms with Gasteiger partial charge in [-0.05, 0) is 25.5 Å². The van der Waals surface area contributed by atoms with Crippen LogP contribution in [-0.2, 0) is 11.3 Å². The van der Waals surface area contributed by atoms with Gasteiger partial charge in [0, 0.05) is 19.2 Å². The summed E-state index contributed by atoms with van der Waals surface area (Å²) in [4.78, 5) is 16.5. The summed E-state index contributed by atoms with van der Waals surface area (Å²) < 4.78 is 79.3.